The van der Waals surface area contributed by atoms with Crippen LogP contribution in [0.3, 0.4) is 0 Å². The molecular formula is C8H10N4OS. The molecule has 1 aromatic rings. The van der Waals surface area contributed by atoms with Crippen molar-refractivity contribution in [2.24, 2.45) is 0 Å². The fourth-order valence-electron chi connectivity index (χ4n) is 0.904. The smallest absolute Gasteiger partial charge is 0.267 e. The Morgan fingerprint density at radius 2 is 2.57 bits per heavy atom. The van der Waals surface area contributed by atoms with E-state index >= 15 is 0 Å². The maximum absolute atomic E-state index is 11.7. The second-order valence-corrected chi connectivity index (χ2v) is 3.69. The Hall–Kier alpha value is -1.48. The lowest BCUT2D eigenvalue weighted by Gasteiger charge is -2.21. The Morgan fingerprint density at radius 1 is 1.86 bits per heavy atom. The molecule has 1 unspecified atom stereocenters. The molecule has 1 heterocycles. The summed E-state index contributed by atoms with van der Waals surface area (Å²) >= 11 is 1.06. The van der Waals surface area contributed by atoms with E-state index in [4.69, 9.17) is 5.26 Å². The number of hydrogen-bond acceptors (Lipinski definition) is 5. The van der Waals surface area contributed by atoms with Crippen molar-refractivity contribution in [1.29, 1.82) is 5.26 Å². The van der Waals surface area contributed by atoms with Crippen molar-refractivity contribution < 1.29 is 4.79 Å². The normalized spacial score (nSPS) is 11.8. The van der Waals surface area contributed by atoms with Crippen molar-refractivity contribution >= 4 is 17.4 Å². The van der Waals surface area contributed by atoms with Crippen LogP contribution < -0.4 is 0 Å². The summed E-state index contributed by atoms with van der Waals surface area (Å²) in [6.07, 6.45) is 1.76. The molecule has 1 rings (SSSR count). The molecule has 0 aliphatic carbocycles. The van der Waals surface area contributed by atoms with Gasteiger partial charge < -0.3 is 4.90 Å². The molecule has 1 aromatic heterocycles. The van der Waals surface area contributed by atoms with E-state index in [1.165, 1.54) is 11.1 Å². The molecule has 0 saturated carbocycles. The third-order valence-electron chi connectivity index (χ3n) is 1.94. The molecule has 0 aliphatic heterocycles. The van der Waals surface area contributed by atoms with Gasteiger partial charge in [0.1, 0.15) is 4.88 Å². The quantitative estimate of drug-likeness (QED) is 0.743. The van der Waals surface area contributed by atoms with Gasteiger partial charge in [0.25, 0.3) is 5.91 Å². The lowest BCUT2D eigenvalue weighted by atomic mass is 10.2. The zero-order valence-electron chi connectivity index (χ0n) is 7.97. The molecule has 6 heteroatoms. The molecule has 1 amide bonds. The zero-order valence-corrected chi connectivity index (χ0v) is 8.78. The topological polar surface area (TPSA) is 69.9 Å². The number of aromatic nitrogens is 2. The van der Waals surface area contributed by atoms with Gasteiger partial charge in [0.05, 0.1) is 18.7 Å². The summed E-state index contributed by atoms with van der Waals surface area (Å²) in [6, 6.07) is 1.94. The Balaban J connectivity index is 2.67. The van der Waals surface area contributed by atoms with Crippen LogP contribution in [0.25, 0.3) is 0 Å². The molecule has 0 spiro atoms. The molecule has 1 atom stereocenters. The highest BCUT2D eigenvalue weighted by molar-refractivity contribution is 7.07. The average Bonchev–Trinajstić information content (AvgIpc) is 2.68. The number of amides is 1. The van der Waals surface area contributed by atoms with E-state index in [-0.39, 0.29) is 11.9 Å². The van der Waals surface area contributed by atoms with Crippen LogP contribution in [-0.2, 0) is 0 Å². The Kier molecular flexibility index (Phi) is 3.54. The predicted molar refractivity (Wildman–Crippen MR) is 51.7 cm³/mol. The molecule has 0 fully saturated rings. The van der Waals surface area contributed by atoms with Crippen molar-refractivity contribution in [2.75, 3.05) is 7.05 Å². The maximum atomic E-state index is 11.7. The third kappa shape index (κ3) is 2.26. The molecule has 0 bridgehead atoms. The SMILES string of the molecule is CC(CC#N)N(C)C(=O)c1cnns1. The van der Waals surface area contributed by atoms with Crippen molar-refractivity contribution in [2.45, 2.75) is 19.4 Å². The largest absolute Gasteiger partial charge is 0.337 e. The van der Waals surface area contributed by atoms with Gasteiger partial charge in [-0.25, -0.2) is 0 Å². The second-order valence-electron chi connectivity index (χ2n) is 2.91. The van der Waals surface area contributed by atoms with E-state index in [0.717, 1.165) is 11.5 Å². The number of carbonyl (C=O) groups excluding carboxylic acids is 1. The Labute approximate surface area is 86.1 Å². The molecule has 74 valence electrons. The van der Waals surface area contributed by atoms with Gasteiger partial charge in [0, 0.05) is 13.1 Å². The summed E-state index contributed by atoms with van der Waals surface area (Å²) < 4.78 is 3.61. The molecule has 0 N–H and O–H groups in total. The number of hydrogen-bond donors (Lipinski definition) is 0. The van der Waals surface area contributed by atoms with Gasteiger partial charge in [-0.2, -0.15) is 5.26 Å². The Morgan fingerprint density at radius 3 is 3.07 bits per heavy atom. The van der Waals surface area contributed by atoms with E-state index < -0.39 is 0 Å². The highest BCUT2D eigenvalue weighted by atomic mass is 32.1. The molecule has 0 aromatic carbocycles. The van der Waals surface area contributed by atoms with Gasteiger partial charge in [-0.15, -0.1) is 5.10 Å². The standard InChI is InChI=1S/C8H10N4OS/c1-6(3-4-9)12(2)8(13)7-5-10-11-14-7/h5-6H,3H2,1-2H3. The summed E-state index contributed by atoms with van der Waals surface area (Å²) in [4.78, 5) is 13.7. The number of rotatable bonds is 3. The molecule has 0 saturated heterocycles. The molecule has 14 heavy (non-hydrogen) atoms. The maximum Gasteiger partial charge on any atom is 0.267 e. The summed E-state index contributed by atoms with van der Waals surface area (Å²) in [7, 11) is 1.67. The lowest BCUT2D eigenvalue weighted by molar-refractivity contribution is 0.0751. The van der Waals surface area contributed by atoms with E-state index in [2.05, 4.69) is 9.59 Å². The molecule has 0 radical (unpaired) electrons. The van der Waals surface area contributed by atoms with Gasteiger partial charge in [-0.05, 0) is 18.5 Å². The first kappa shape index (κ1) is 10.6. The highest BCUT2D eigenvalue weighted by Gasteiger charge is 2.18. The summed E-state index contributed by atoms with van der Waals surface area (Å²) in [6.45, 7) is 1.83. The Bertz CT molecular complexity index is 343. The third-order valence-corrected chi connectivity index (χ3v) is 2.59. The monoisotopic (exact) mass is 210 g/mol. The van der Waals surface area contributed by atoms with Crippen molar-refractivity contribution in [3.8, 4) is 6.07 Å². The lowest BCUT2D eigenvalue weighted by Crippen LogP contribution is -2.34. The van der Waals surface area contributed by atoms with Gasteiger partial charge in [0.2, 0.25) is 0 Å². The van der Waals surface area contributed by atoms with E-state index in [1.807, 2.05) is 13.0 Å². The molecule has 5 nitrogen and oxygen atoms in total. The van der Waals surface area contributed by atoms with Crippen molar-refractivity contribution in [3.63, 3.8) is 0 Å². The number of carbonyl (C=O) groups is 1. The summed E-state index contributed by atoms with van der Waals surface area (Å²) in [5, 5.41) is 12.1. The van der Waals surface area contributed by atoms with Gasteiger partial charge in [0.15, 0.2) is 0 Å². The second kappa shape index (κ2) is 4.67. The van der Waals surface area contributed by atoms with Gasteiger partial charge in [-0.3, -0.25) is 4.79 Å². The minimum Gasteiger partial charge on any atom is -0.337 e. The van der Waals surface area contributed by atoms with Crippen molar-refractivity contribution in [1.82, 2.24) is 14.5 Å². The zero-order chi connectivity index (χ0) is 10.6. The first-order valence-electron chi connectivity index (χ1n) is 4.08. The summed E-state index contributed by atoms with van der Waals surface area (Å²) in [5.74, 6) is -0.136. The van der Waals surface area contributed by atoms with Crippen LogP contribution >= 0.6 is 11.5 Å². The minimum absolute atomic E-state index is 0.0883. The van der Waals surface area contributed by atoms with Gasteiger partial charge >= 0.3 is 0 Å². The van der Waals surface area contributed by atoms with Crippen LogP contribution in [-0.4, -0.2) is 33.5 Å². The molecule has 0 aliphatic rings. The fraction of sp³-hybridized carbons (Fsp3) is 0.500. The van der Waals surface area contributed by atoms with Crippen LogP contribution in [0.5, 0.6) is 0 Å². The number of nitriles is 1. The molecular weight excluding hydrogens is 200 g/mol. The van der Waals surface area contributed by atoms with Crippen LogP contribution in [0.2, 0.25) is 0 Å². The first-order valence-corrected chi connectivity index (χ1v) is 4.85. The predicted octanol–water partition coefficient (Wildman–Crippen LogP) is 0.912. The van der Waals surface area contributed by atoms with Gasteiger partial charge in [-0.1, -0.05) is 4.49 Å². The first-order chi connectivity index (χ1) is 6.66. The van der Waals surface area contributed by atoms with Crippen LogP contribution in [0.15, 0.2) is 6.20 Å². The van der Waals surface area contributed by atoms with Crippen LogP contribution in [0.4, 0.5) is 0 Å². The summed E-state index contributed by atoms with van der Waals surface area (Å²) in [5.41, 5.74) is 0. The fourth-order valence-corrected chi connectivity index (χ4v) is 1.40. The number of nitrogens with zero attached hydrogens (tertiary/aromatic N) is 4. The van der Waals surface area contributed by atoms with Crippen molar-refractivity contribution in [3.05, 3.63) is 11.1 Å². The highest BCUT2D eigenvalue weighted by Crippen LogP contribution is 2.09. The van der Waals surface area contributed by atoms with E-state index in [0.29, 0.717) is 11.3 Å². The van der Waals surface area contributed by atoms with E-state index in [1.54, 1.807) is 7.05 Å². The van der Waals surface area contributed by atoms with Crippen LogP contribution in [0.1, 0.15) is 23.0 Å². The van der Waals surface area contributed by atoms with Crippen LogP contribution in [0, 0.1) is 11.3 Å². The van der Waals surface area contributed by atoms with E-state index in [9.17, 15) is 4.79 Å². The minimum atomic E-state index is -0.136. The average molecular weight is 210 g/mol.